The second-order valence-electron chi connectivity index (χ2n) is 10.2. The molecule has 1 spiro atoms. The van der Waals surface area contributed by atoms with Gasteiger partial charge < -0.3 is 14.5 Å². The van der Waals surface area contributed by atoms with E-state index in [9.17, 15) is 13.2 Å². The Hall–Kier alpha value is -2.96. The van der Waals surface area contributed by atoms with Gasteiger partial charge in [0.15, 0.2) is 11.4 Å². The maximum Gasteiger partial charge on any atom is 0.411 e. The molecule has 0 bridgehead atoms. The van der Waals surface area contributed by atoms with E-state index in [1.807, 2.05) is 10.6 Å². The highest BCUT2D eigenvalue weighted by Crippen LogP contribution is 2.46. The number of alkyl halides is 3. The van der Waals surface area contributed by atoms with E-state index in [4.69, 9.17) is 16.3 Å². The van der Waals surface area contributed by atoms with E-state index in [2.05, 4.69) is 30.0 Å². The van der Waals surface area contributed by atoms with Crippen molar-refractivity contribution in [3.8, 4) is 5.69 Å². The maximum atomic E-state index is 14.2. The highest BCUT2D eigenvalue weighted by molar-refractivity contribution is 6.30. The molecule has 0 radical (unpaired) electrons. The molecule has 188 valence electrons. The van der Waals surface area contributed by atoms with Crippen LogP contribution < -0.4 is 9.80 Å². The molecule has 7 rings (SSSR count). The highest BCUT2D eigenvalue weighted by atomic mass is 35.5. The molecular formula is C23H22ClF3N8O. The van der Waals surface area contributed by atoms with Crippen LogP contribution >= 0.6 is 11.6 Å². The minimum Gasteiger partial charge on any atom is -0.377 e. The Labute approximate surface area is 209 Å². The van der Waals surface area contributed by atoms with Gasteiger partial charge in [-0.2, -0.15) is 13.2 Å². The summed E-state index contributed by atoms with van der Waals surface area (Å²) < 4.78 is 49.5. The topological polar surface area (TPSA) is 75.4 Å². The lowest BCUT2D eigenvalue weighted by molar-refractivity contribution is -0.310. The normalized spacial score (nSPS) is 22.2. The van der Waals surface area contributed by atoms with E-state index in [1.165, 1.54) is 4.90 Å². The Kier molecular flexibility index (Phi) is 4.65. The van der Waals surface area contributed by atoms with Crippen molar-refractivity contribution < 1.29 is 17.9 Å². The van der Waals surface area contributed by atoms with Crippen LogP contribution in [0.25, 0.3) is 5.69 Å². The molecule has 3 fully saturated rings. The van der Waals surface area contributed by atoms with Crippen LogP contribution in [0, 0.1) is 5.41 Å². The lowest BCUT2D eigenvalue weighted by atomic mass is 9.73. The van der Waals surface area contributed by atoms with Gasteiger partial charge in [0.2, 0.25) is 5.95 Å². The van der Waals surface area contributed by atoms with Crippen LogP contribution in [0.1, 0.15) is 11.4 Å². The summed E-state index contributed by atoms with van der Waals surface area (Å²) >= 11 is 6.27. The quantitative estimate of drug-likeness (QED) is 0.524. The van der Waals surface area contributed by atoms with Gasteiger partial charge in [-0.25, -0.2) is 4.98 Å². The Bertz CT molecular complexity index is 1310. The van der Waals surface area contributed by atoms with Gasteiger partial charge in [-0.05, 0) is 23.8 Å². The van der Waals surface area contributed by atoms with Gasteiger partial charge in [0.1, 0.15) is 5.82 Å². The van der Waals surface area contributed by atoms with Crippen molar-refractivity contribution in [1.29, 1.82) is 0 Å². The molecule has 3 aromatic rings. The molecule has 3 saturated heterocycles. The van der Waals surface area contributed by atoms with Crippen molar-refractivity contribution >= 4 is 23.4 Å². The van der Waals surface area contributed by atoms with Crippen LogP contribution in [0.5, 0.6) is 0 Å². The Morgan fingerprint density at radius 2 is 1.75 bits per heavy atom. The van der Waals surface area contributed by atoms with Gasteiger partial charge in [0.25, 0.3) is 0 Å². The van der Waals surface area contributed by atoms with Gasteiger partial charge in [0, 0.05) is 55.6 Å². The minimum atomic E-state index is -4.44. The molecule has 2 aromatic heterocycles. The summed E-state index contributed by atoms with van der Waals surface area (Å²) in [5.74, 6) is 1.98. The lowest BCUT2D eigenvalue weighted by Gasteiger charge is -2.60. The third-order valence-electron chi connectivity index (χ3n) is 7.77. The number of nitrogens with zero attached hydrogens (tertiary/aromatic N) is 8. The predicted octanol–water partition coefficient (Wildman–Crippen LogP) is 2.68. The van der Waals surface area contributed by atoms with Crippen molar-refractivity contribution in [2.75, 3.05) is 49.2 Å². The summed E-state index contributed by atoms with van der Waals surface area (Å²) in [4.78, 5) is 14.3. The average molecular weight is 519 g/mol. The van der Waals surface area contributed by atoms with E-state index in [0.29, 0.717) is 22.4 Å². The lowest BCUT2D eigenvalue weighted by Crippen LogP contribution is -2.73. The first kappa shape index (κ1) is 22.3. The van der Waals surface area contributed by atoms with Crippen LogP contribution in [0.4, 0.5) is 24.9 Å². The SMILES string of the molecule is FC(F)(F)C1(N2Cc3cc(Cl)ccc3-n3c(nnc3N3CC4(CN(c5cnccn5)C4)C3)C2)COC1. The first-order chi connectivity index (χ1) is 17.3. The molecule has 6 heterocycles. The Balaban J connectivity index is 1.18. The van der Waals surface area contributed by atoms with Gasteiger partial charge >= 0.3 is 6.18 Å². The molecule has 0 atom stereocenters. The number of fused-ring (bicyclic) bond motifs is 3. The molecule has 13 heteroatoms. The van der Waals surface area contributed by atoms with Gasteiger partial charge in [-0.3, -0.25) is 14.5 Å². The van der Waals surface area contributed by atoms with E-state index < -0.39 is 24.9 Å². The summed E-state index contributed by atoms with van der Waals surface area (Å²) in [7, 11) is 0. The van der Waals surface area contributed by atoms with E-state index in [1.54, 1.807) is 30.7 Å². The fraction of sp³-hybridized carbons (Fsp3) is 0.478. The number of hydrogen-bond acceptors (Lipinski definition) is 8. The molecule has 4 aliphatic rings. The minimum absolute atomic E-state index is 0.00159. The van der Waals surface area contributed by atoms with Crippen LogP contribution in [-0.4, -0.2) is 80.7 Å². The first-order valence-electron chi connectivity index (χ1n) is 11.7. The summed E-state index contributed by atoms with van der Waals surface area (Å²) in [6.07, 6.45) is 0.661. The first-order valence-corrected chi connectivity index (χ1v) is 12.0. The van der Waals surface area contributed by atoms with Crippen LogP contribution in [0.2, 0.25) is 5.02 Å². The zero-order valence-electron chi connectivity index (χ0n) is 19.1. The van der Waals surface area contributed by atoms with Crippen LogP contribution in [0.15, 0.2) is 36.8 Å². The van der Waals surface area contributed by atoms with Crippen molar-refractivity contribution in [3.63, 3.8) is 0 Å². The molecule has 0 saturated carbocycles. The standard InChI is InChI=1S/C23H22ClF3N8O/c24-16-1-2-17-15(5-16)7-34(22(13-36-14-22)23(25,26)27)8-19-30-31-20(35(17)19)33-11-21(12-33)9-32(10-21)18-6-28-3-4-29-18/h1-6H,7-14H2. The molecule has 1 aromatic carbocycles. The number of benzene rings is 1. The van der Waals surface area contributed by atoms with Crippen LogP contribution in [0.3, 0.4) is 0 Å². The molecule has 0 amide bonds. The van der Waals surface area contributed by atoms with E-state index in [-0.39, 0.29) is 18.5 Å². The number of aromatic nitrogens is 5. The molecular weight excluding hydrogens is 497 g/mol. The number of rotatable bonds is 3. The van der Waals surface area contributed by atoms with Crippen molar-refractivity contribution in [2.24, 2.45) is 5.41 Å². The molecule has 4 aliphatic heterocycles. The molecule has 9 nitrogen and oxygen atoms in total. The zero-order valence-corrected chi connectivity index (χ0v) is 19.9. The van der Waals surface area contributed by atoms with Crippen molar-refractivity contribution in [3.05, 3.63) is 53.2 Å². The fourth-order valence-corrected chi connectivity index (χ4v) is 6.00. The Morgan fingerprint density at radius 3 is 2.42 bits per heavy atom. The maximum absolute atomic E-state index is 14.2. The fourth-order valence-electron chi connectivity index (χ4n) is 5.80. The smallest absolute Gasteiger partial charge is 0.377 e. The van der Waals surface area contributed by atoms with Gasteiger partial charge in [-0.15, -0.1) is 10.2 Å². The monoisotopic (exact) mass is 518 g/mol. The number of halogens is 4. The van der Waals surface area contributed by atoms with E-state index >= 15 is 0 Å². The van der Waals surface area contributed by atoms with Crippen LogP contribution in [-0.2, 0) is 17.8 Å². The van der Waals surface area contributed by atoms with Gasteiger partial charge in [0.05, 0.1) is 31.6 Å². The van der Waals surface area contributed by atoms with E-state index in [0.717, 1.165) is 37.7 Å². The Morgan fingerprint density at radius 1 is 0.972 bits per heavy atom. The number of ether oxygens (including phenoxy) is 1. The third-order valence-corrected chi connectivity index (χ3v) is 8.00. The molecule has 36 heavy (non-hydrogen) atoms. The summed E-state index contributed by atoms with van der Waals surface area (Å²) in [6.45, 7) is 2.60. The van der Waals surface area contributed by atoms with Crippen molar-refractivity contribution in [1.82, 2.24) is 29.6 Å². The number of anilines is 2. The summed E-state index contributed by atoms with van der Waals surface area (Å²) in [5.41, 5.74) is -0.465. The largest absolute Gasteiger partial charge is 0.411 e. The molecule has 0 N–H and O–H groups in total. The number of hydrogen-bond donors (Lipinski definition) is 0. The predicted molar refractivity (Wildman–Crippen MR) is 124 cm³/mol. The second kappa shape index (κ2) is 7.53. The average Bonchev–Trinajstić information content (AvgIpc) is 3.06. The van der Waals surface area contributed by atoms with Gasteiger partial charge in [-0.1, -0.05) is 11.6 Å². The zero-order chi connectivity index (χ0) is 24.7. The molecule has 0 aliphatic carbocycles. The van der Waals surface area contributed by atoms with Crippen molar-refractivity contribution in [2.45, 2.75) is 24.8 Å². The summed E-state index contributed by atoms with van der Waals surface area (Å²) in [5, 5.41) is 9.27. The molecule has 0 unspecified atom stereocenters. The highest BCUT2D eigenvalue weighted by Gasteiger charge is 2.64. The summed E-state index contributed by atoms with van der Waals surface area (Å²) in [6, 6.07) is 5.32. The second-order valence-corrected chi connectivity index (χ2v) is 10.6. The third kappa shape index (κ3) is 3.17.